The van der Waals surface area contributed by atoms with E-state index in [1.54, 1.807) is 25.1 Å². The Morgan fingerprint density at radius 1 is 1.27 bits per heavy atom. The third kappa shape index (κ3) is 1.97. The van der Waals surface area contributed by atoms with Gasteiger partial charge in [-0.1, -0.05) is 6.07 Å². The summed E-state index contributed by atoms with van der Waals surface area (Å²) in [5.74, 6) is -0.201. The number of anilines is 1. The molecule has 7 nitrogen and oxygen atoms in total. The maximum atomic E-state index is 12.7. The van der Waals surface area contributed by atoms with Crippen LogP contribution in [0.1, 0.15) is 24.7 Å². The van der Waals surface area contributed by atoms with Crippen molar-refractivity contribution in [2.45, 2.75) is 25.8 Å². The summed E-state index contributed by atoms with van der Waals surface area (Å²) in [5, 5.41) is 0.373. The van der Waals surface area contributed by atoms with Crippen molar-refractivity contribution in [3.63, 3.8) is 0 Å². The Kier molecular flexibility index (Phi) is 3.20. The number of nitrogen functional groups attached to an aromatic ring is 1. The van der Waals surface area contributed by atoms with Gasteiger partial charge < -0.3 is 5.73 Å². The fourth-order valence-corrected chi connectivity index (χ4v) is 2.86. The summed E-state index contributed by atoms with van der Waals surface area (Å²) in [6, 6.07) is 4.29. The molecule has 3 rings (SSSR count). The molecule has 1 unspecified atom stereocenters. The molecule has 0 spiro atoms. The van der Waals surface area contributed by atoms with Crippen molar-refractivity contribution >= 4 is 28.4 Å². The Labute approximate surface area is 126 Å². The van der Waals surface area contributed by atoms with Gasteiger partial charge in [0.25, 0.3) is 11.5 Å². The van der Waals surface area contributed by atoms with E-state index >= 15 is 0 Å². The number of likely N-dealkylation sites (tertiary alicyclic amines) is 1. The van der Waals surface area contributed by atoms with E-state index in [1.807, 2.05) is 0 Å². The molecular weight excluding hydrogens is 284 g/mol. The standard InChI is InChI=1S/C15H16N4O3/c1-8-17-13-9(4-3-5-10(13)16)14(21)19(8)11-6-7-12(20)18(2)15(11)22/h3-5,11H,6-7,16H2,1-2H3. The molecule has 1 aromatic heterocycles. The lowest BCUT2D eigenvalue weighted by Gasteiger charge is -2.29. The molecule has 2 aromatic rings. The zero-order valence-electron chi connectivity index (χ0n) is 12.4. The van der Waals surface area contributed by atoms with Crippen LogP contribution in [0.15, 0.2) is 23.0 Å². The number of rotatable bonds is 1. The molecular formula is C15H16N4O3. The SMILES string of the molecule is Cc1nc2c(N)cccc2c(=O)n1C1CCC(=O)N(C)C1=O. The Morgan fingerprint density at radius 3 is 2.73 bits per heavy atom. The highest BCUT2D eigenvalue weighted by molar-refractivity contribution is 5.99. The number of carbonyl (C=O) groups excluding carboxylic acids is 2. The second kappa shape index (κ2) is 4.94. The van der Waals surface area contributed by atoms with Crippen molar-refractivity contribution in [1.82, 2.24) is 14.5 Å². The van der Waals surface area contributed by atoms with Gasteiger partial charge in [-0.25, -0.2) is 4.98 Å². The van der Waals surface area contributed by atoms with Crippen molar-refractivity contribution in [2.75, 3.05) is 12.8 Å². The van der Waals surface area contributed by atoms with Gasteiger partial charge >= 0.3 is 0 Å². The number of nitrogens with zero attached hydrogens (tertiary/aromatic N) is 3. The monoisotopic (exact) mass is 300 g/mol. The lowest BCUT2D eigenvalue weighted by atomic mass is 10.0. The molecule has 0 radical (unpaired) electrons. The van der Waals surface area contributed by atoms with Crippen LogP contribution in [0.4, 0.5) is 5.69 Å². The van der Waals surface area contributed by atoms with Crippen LogP contribution >= 0.6 is 0 Å². The van der Waals surface area contributed by atoms with Gasteiger partial charge in [0.1, 0.15) is 17.4 Å². The molecule has 114 valence electrons. The number of para-hydroxylation sites is 1. The Balaban J connectivity index is 2.22. The van der Waals surface area contributed by atoms with Crippen molar-refractivity contribution in [3.8, 4) is 0 Å². The predicted octanol–water partition coefficient (Wildman–Crippen LogP) is 0.607. The van der Waals surface area contributed by atoms with E-state index in [9.17, 15) is 14.4 Å². The molecule has 1 aliphatic heterocycles. The van der Waals surface area contributed by atoms with Crippen molar-refractivity contribution in [3.05, 3.63) is 34.4 Å². The summed E-state index contributed by atoms with van der Waals surface area (Å²) in [6.07, 6.45) is 0.534. The first-order valence-electron chi connectivity index (χ1n) is 6.99. The minimum absolute atomic E-state index is 0.230. The van der Waals surface area contributed by atoms with Crippen LogP contribution in [0.5, 0.6) is 0 Å². The number of imide groups is 1. The molecule has 7 heteroatoms. The molecule has 0 aliphatic carbocycles. The highest BCUT2D eigenvalue weighted by Gasteiger charge is 2.34. The van der Waals surface area contributed by atoms with Crippen molar-refractivity contribution in [2.24, 2.45) is 0 Å². The van der Waals surface area contributed by atoms with E-state index < -0.39 is 6.04 Å². The molecule has 1 atom stereocenters. The fraction of sp³-hybridized carbons (Fsp3) is 0.333. The molecule has 2 amide bonds. The normalized spacial score (nSPS) is 19.0. The second-order valence-corrected chi connectivity index (χ2v) is 5.42. The number of piperidine rings is 1. The van der Waals surface area contributed by atoms with E-state index in [0.29, 0.717) is 28.8 Å². The molecule has 2 heterocycles. The molecule has 1 fully saturated rings. The smallest absolute Gasteiger partial charge is 0.262 e. The van der Waals surface area contributed by atoms with E-state index in [-0.39, 0.29) is 23.8 Å². The molecule has 1 aliphatic rings. The van der Waals surface area contributed by atoms with Crippen LogP contribution in [0.3, 0.4) is 0 Å². The maximum Gasteiger partial charge on any atom is 0.262 e. The molecule has 22 heavy (non-hydrogen) atoms. The number of hydrogen-bond acceptors (Lipinski definition) is 5. The van der Waals surface area contributed by atoms with E-state index in [0.717, 1.165) is 4.90 Å². The number of amides is 2. The number of benzene rings is 1. The molecule has 1 saturated heterocycles. The Bertz CT molecular complexity index is 856. The van der Waals surface area contributed by atoms with Gasteiger partial charge in [0, 0.05) is 13.5 Å². The van der Waals surface area contributed by atoms with Gasteiger partial charge in [-0.2, -0.15) is 0 Å². The lowest BCUT2D eigenvalue weighted by Crippen LogP contribution is -2.46. The average Bonchev–Trinajstić information content (AvgIpc) is 2.48. The Morgan fingerprint density at radius 2 is 2.00 bits per heavy atom. The van der Waals surface area contributed by atoms with Gasteiger partial charge in [-0.3, -0.25) is 23.9 Å². The number of carbonyl (C=O) groups is 2. The summed E-state index contributed by atoms with van der Waals surface area (Å²) < 4.78 is 1.37. The lowest BCUT2D eigenvalue weighted by molar-refractivity contribution is -0.149. The number of nitrogens with two attached hydrogens (primary N) is 1. The molecule has 2 N–H and O–H groups in total. The summed E-state index contributed by atoms with van der Waals surface area (Å²) >= 11 is 0. The minimum Gasteiger partial charge on any atom is -0.397 e. The predicted molar refractivity (Wildman–Crippen MR) is 81.2 cm³/mol. The third-order valence-corrected chi connectivity index (χ3v) is 4.07. The van der Waals surface area contributed by atoms with Crippen LogP contribution in [-0.4, -0.2) is 33.3 Å². The van der Waals surface area contributed by atoms with E-state index in [2.05, 4.69) is 4.98 Å². The van der Waals surface area contributed by atoms with Gasteiger partial charge in [-0.15, -0.1) is 0 Å². The number of aromatic nitrogens is 2. The summed E-state index contributed by atoms with van der Waals surface area (Å²) in [6.45, 7) is 1.66. The fourth-order valence-electron chi connectivity index (χ4n) is 2.86. The van der Waals surface area contributed by atoms with Crippen LogP contribution in [0.2, 0.25) is 0 Å². The van der Waals surface area contributed by atoms with Gasteiger partial charge in [-0.05, 0) is 25.5 Å². The molecule has 0 saturated carbocycles. The second-order valence-electron chi connectivity index (χ2n) is 5.42. The van der Waals surface area contributed by atoms with Crippen LogP contribution in [0, 0.1) is 6.92 Å². The third-order valence-electron chi connectivity index (χ3n) is 4.07. The highest BCUT2D eigenvalue weighted by Crippen LogP contribution is 2.24. The van der Waals surface area contributed by atoms with Crippen LogP contribution in [0.25, 0.3) is 10.9 Å². The number of fused-ring (bicyclic) bond motifs is 1. The first-order chi connectivity index (χ1) is 10.4. The summed E-state index contributed by atoms with van der Waals surface area (Å²) in [5.41, 5.74) is 6.41. The zero-order chi connectivity index (χ0) is 16.0. The largest absolute Gasteiger partial charge is 0.397 e. The van der Waals surface area contributed by atoms with E-state index in [1.165, 1.54) is 11.6 Å². The molecule has 1 aromatic carbocycles. The first kappa shape index (κ1) is 14.2. The van der Waals surface area contributed by atoms with E-state index in [4.69, 9.17) is 5.73 Å². The van der Waals surface area contributed by atoms with Crippen LogP contribution in [-0.2, 0) is 9.59 Å². The zero-order valence-corrected chi connectivity index (χ0v) is 12.4. The van der Waals surface area contributed by atoms with Crippen molar-refractivity contribution in [1.29, 1.82) is 0 Å². The van der Waals surface area contributed by atoms with Gasteiger partial charge in [0.15, 0.2) is 0 Å². The number of hydrogen-bond donors (Lipinski definition) is 1. The quantitative estimate of drug-likeness (QED) is 0.614. The Hall–Kier alpha value is -2.70. The first-order valence-corrected chi connectivity index (χ1v) is 6.99. The summed E-state index contributed by atoms with van der Waals surface area (Å²) in [4.78, 5) is 42.1. The average molecular weight is 300 g/mol. The number of aryl methyl sites for hydroxylation is 1. The van der Waals surface area contributed by atoms with Crippen LogP contribution < -0.4 is 11.3 Å². The number of likely N-dealkylation sites (N-methyl/N-ethyl adjacent to an activating group) is 1. The minimum atomic E-state index is -0.700. The van der Waals surface area contributed by atoms with Gasteiger partial charge in [0.2, 0.25) is 5.91 Å². The van der Waals surface area contributed by atoms with Gasteiger partial charge in [0.05, 0.1) is 11.1 Å². The topological polar surface area (TPSA) is 98.3 Å². The summed E-state index contributed by atoms with van der Waals surface area (Å²) in [7, 11) is 1.43. The van der Waals surface area contributed by atoms with Crippen molar-refractivity contribution < 1.29 is 9.59 Å². The highest BCUT2D eigenvalue weighted by atomic mass is 16.2. The maximum absolute atomic E-state index is 12.7. The molecule has 0 bridgehead atoms.